The number of carboxylic acid groups (broad SMARTS) is 1. The van der Waals surface area contributed by atoms with Crippen molar-refractivity contribution in [3.8, 4) is 0 Å². The zero-order chi connectivity index (χ0) is 14.1. The summed E-state index contributed by atoms with van der Waals surface area (Å²) in [5.74, 6) is -1.50. The van der Waals surface area contributed by atoms with Crippen LogP contribution in [0.15, 0.2) is 0 Å². The summed E-state index contributed by atoms with van der Waals surface area (Å²) in [7, 11) is 1.27. The molecule has 0 radical (unpaired) electrons. The number of rotatable bonds is 7. The van der Waals surface area contributed by atoms with Gasteiger partial charge in [0.15, 0.2) is 0 Å². The quantitative estimate of drug-likeness (QED) is 0.648. The van der Waals surface area contributed by atoms with Gasteiger partial charge in [-0.05, 0) is 13.3 Å². The molecule has 0 aromatic rings. The number of ether oxygens (including phenoxy) is 1. The fourth-order valence-corrected chi connectivity index (χ4v) is 1.37. The Kier molecular flexibility index (Phi) is 7.50. The minimum Gasteiger partial charge on any atom is -0.480 e. The molecule has 0 aliphatic carbocycles. The normalized spacial score (nSPS) is 11.5. The summed E-state index contributed by atoms with van der Waals surface area (Å²) in [6.45, 7) is 3.49. The Balaban J connectivity index is 4.31. The van der Waals surface area contributed by atoms with E-state index in [1.165, 1.54) is 12.0 Å². The number of amides is 2. The monoisotopic (exact) mass is 260 g/mol. The molecule has 0 bridgehead atoms. The average Bonchev–Trinajstić information content (AvgIpc) is 2.27. The molecule has 0 aromatic carbocycles. The first kappa shape index (κ1) is 16.2. The molecule has 0 heterocycles. The topological polar surface area (TPSA) is 95.9 Å². The molecular formula is C11H20N2O5. The highest BCUT2D eigenvalue weighted by atomic mass is 16.5. The van der Waals surface area contributed by atoms with Crippen molar-refractivity contribution in [2.24, 2.45) is 0 Å². The summed E-state index contributed by atoms with van der Waals surface area (Å²) < 4.78 is 4.48. The molecule has 0 saturated heterocycles. The lowest BCUT2D eigenvalue weighted by Gasteiger charge is -2.22. The van der Waals surface area contributed by atoms with Gasteiger partial charge in [0.05, 0.1) is 13.5 Å². The Bertz CT molecular complexity index is 306. The second-order valence-electron chi connectivity index (χ2n) is 3.95. The first-order valence-corrected chi connectivity index (χ1v) is 5.74. The first-order valence-electron chi connectivity index (χ1n) is 5.74. The number of carbonyl (C=O) groups excluding carboxylic acids is 2. The lowest BCUT2D eigenvalue weighted by Crippen LogP contribution is -2.46. The summed E-state index contributed by atoms with van der Waals surface area (Å²) in [5, 5.41) is 11.2. The SMILES string of the molecule is CCCN(CC(=O)O)C(=O)NC(C)CC(=O)OC. The number of esters is 1. The van der Waals surface area contributed by atoms with Crippen LogP contribution < -0.4 is 5.32 Å². The Hall–Kier alpha value is -1.79. The van der Waals surface area contributed by atoms with Crippen molar-refractivity contribution in [3.63, 3.8) is 0 Å². The van der Waals surface area contributed by atoms with Crippen LogP contribution in [0.25, 0.3) is 0 Å². The van der Waals surface area contributed by atoms with Gasteiger partial charge in [0.1, 0.15) is 6.54 Å². The van der Waals surface area contributed by atoms with Crippen LogP contribution in [-0.2, 0) is 14.3 Å². The van der Waals surface area contributed by atoms with E-state index in [2.05, 4.69) is 10.1 Å². The molecular weight excluding hydrogens is 240 g/mol. The van der Waals surface area contributed by atoms with Gasteiger partial charge in [0, 0.05) is 12.6 Å². The zero-order valence-electron chi connectivity index (χ0n) is 10.9. The predicted octanol–water partition coefficient (Wildman–Crippen LogP) is 0.444. The van der Waals surface area contributed by atoms with E-state index in [9.17, 15) is 14.4 Å². The van der Waals surface area contributed by atoms with Crippen molar-refractivity contribution in [2.75, 3.05) is 20.2 Å². The average molecular weight is 260 g/mol. The van der Waals surface area contributed by atoms with Gasteiger partial charge in [0.2, 0.25) is 0 Å². The van der Waals surface area contributed by atoms with Crippen LogP contribution in [0.4, 0.5) is 4.79 Å². The molecule has 7 nitrogen and oxygen atoms in total. The number of urea groups is 1. The Morgan fingerprint density at radius 2 is 2.00 bits per heavy atom. The lowest BCUT2D eigenvalue weighted by molar-refractivity contribution is -0.141. The van der Waals surface area contributed by atoms with Crippen LogP contribution in [0.3, 0.4) is 0 Å². The fraction of sp³-hybridized carbons (Fsp3) is 0.727. The minimum absolute atomic E-state index is 0.0509. The molecule has 0 rings (SSSR count). The van der Waals surface area contributed by atoms with E-state index in [-0.39, 0.29) is 13.0 Å². The van der Waals surface area contributed by atoms with E-state index in [0.717, 1.165) is 0 Å². The number of hydrogen-bond donors (Lipinski definition) is 2. The van der Waals surface area contributed by atoms with Gasteiger partial charge in [-0.2, -0.15) is 0 Å². The van der Waals surface area contributed by atoms with Crippen molar-refractivity contribution >= 4 is 18.0 Å². The summed E-state index contributed by atoms with van der Waals surface area (Å²) in [6, 6.07) is -0.895. The Morgan fingerprint density at radius 3 is 2.44 bits per heavy atom. The lowest BCUT2D eigenvalue weighted by atomic mass is 10.2. The van der Waals surface area contributed by atoms with Crippen LogP contribution in [0.1, 0.15) is 26.7 Å². The van der Waals surface area contributed by atoms with E-state index >= 15 is 0 Å². The van der Waals surface area contributed by atoms with Crippen molar-refractivity contribution in [1.29, 1.82) is 0 Å². The van der Waals surface area contributed by atoms with Crippen molar-refractivity contribution in [3.05, 3.63) is 0 Å². The molecule has 0 aliphatic rings. The highest BCUT2D eigenvalue weighted by Gasteiger charge is 2.18. The van der Waals surface area contributed by atoms with Gasteiger partial charge in [-0.25, -0.2) is 4.79 Å². The Morgan fingerprint density at radius 1 is 1.39 bits per heavy atom. The number of aliphatic carboxylic acids is 1. The van der Waals surface area contributed by atoms with Crippen molar-refractivity contribution in [2.45, 2.75) is 32.7 Å². The third-order valence-electron chi connectivity index (χ3n) is 2.18. The maximum atomic E-state index is 11.7. The number of nitrogens with zero attached hydrogens (tertiary/aromatic N) is 1. The summed E-state index contributed by atoms with van der Waals surface area (Å²) >= 11 is 0. The van der Waals surface area contributed by atoms with Crippen LogP contribution in [0.5, 0.6) is 0 Å². The molecule has 2 amide bonds. The molecule has 0 fully saturated rings. The standard InChI is InChI=1S/C11H20N2O5/c1-4-5-13(7-9(14)15)11(17)12-8(2)6-10(16)18-3/h8H,4-7H2,1-3H3,(H,12,17)(H,14,15). The van der Waals surface area contributed by atoms with Crippen LogP contribution in [0, 0.1) is 0 Å². The van der Waals surface area contributed by atoms with E-state index in [1.54, 1.807) is 6.92 Å². The second kappa shape index (κ2) is 8.32. The maximum Gasteiger partial charge on any atom is 0.323 e. The molecule has 1 atom stereocenters. The molecule has 7 heteroatoms. The summed E-state index contributed by atoms with van der Waals surface area (Å²) in [6.07, 6.45) is 0.710. The van der Waals surface area contributed by atoms with E-state index in [4.69, 9.17) is 5.11 Å². The van der Waals surface area contributed by atoms with Crippen molar-refractivity contribution in [1.82, 2.24) is 10.2 Å². The van der Waals surface area contributed by atoms with E-state index in [1.807, 2.05) is 6.92 Å². The third kappa shape index (κ3) is 6.72. The predicted molar refractivity (Wildman–Crippen MR) is 64.1 cm³/mol. The van der Waals surface area contributed by atoms with Gasteiger partial charge < -0.3 is 20.1 Å². The second-order valence-corrected chi connectivity index (χ2v) is 3.95. The van der Waals surface area contributed by atoms with Crippen LogP contribution in [0.2, 0.25) is 0 Å². The maximum absolute atomic E-state index is 11.7. The van der Waals surface area contributed by atoms with E-state index < -0.39 is 24.0 Å². The third-order valence-corrected chi connectivity index (χ3v) is 2.18. The summed E-state index contributed by atoms with van der Waals surface area (Å²) in [4.78, 5) is 34.5. The molecule has 0 spiro atoms. The Labute approximate surface area is 106 Å². The summed E-state index contributed by atoms with van der Waals surface area (Å²) in [5.41, 5.74) is 0. The number of nitrogens with one attached hydrogen (secondary N) is 1. The van der Waals surface area contributed by atoms with Crippen molar-refractivity contribution < 1.29 is 24.2 Å². The van der Waals surface area contributed by atoms with Gasteiger partial charge in [-0.15, -0.1) is 0 Å². The molecule has 1 unspecified atom stereocenters. The highest BCUT2D eigenvalue weighted by Crippen LogP contribution is 1.98. The molecule has 0 aromatic heterocycles. The number of methoxy groups -OCH3 is 1. The van der Waals surface area contributed by atoms with Gasteiger partial charge in [0.25, 0.3) is 0 Å². The minimum atomic E-state index is -1.07. The molecule has 104 valence electrons. The molecule has 0 aliphatic heterocycles. The largest absolute Gasteiger partial charge is 0.480 e. The van der Waals surface area contributed by atoms with Gasteiger partial charge in [-0.3, -0.25) is 9.59 Å². The number of hydrogen-bond acceptors (Lipinski definition) is 4. The molecule has 0 saturated carbocycles. The molecule has 18 heavy (non-hydrogen) atoms. The van der Waals surface area contributed by atoms with E-state index in [0.29, 0.717) is 13.0 Å². The smallest absolute Gasteiger partial charge is 0.323 e. The number of carbonyl (C=O) groups is 3. The van der Waals surface area contributed by atoms with Crippen LogP contribution >= 0.6 is 0 Å². The first-order chi connectivity index (χ1) is 8.40. The highest BCUT2D eigenvalue weighted by molar-refractivity contribution is 5.80. The zero-order valence-corrected chi connectivity index (χ0v) is 10.9. The van der Waals surface area contributed by atoms with Gasteiger partial charge >= 0.3 is 18.0 Å². The fourth-order valence-electron chi connectivity index (χ4n) is 1.37. The van der Waals surface area contributed by atoms with Gasteiger partial charge in [-0.1, -0.05) is 6.92 Å². The molecule has 2 N–H and O–H groups in total. The number of carboxylic acids is 1. The van der Waals surface area contributed by atoms with Crippen LogP contribution in [-0.4, -0.2) is 54.2 Å².